The van der Waals surface area contributed by atoms with Gasteiger partial charge in [-0.2, -0.15) is 0 Å². The number of nitrogens with zero attached hydrogens (tertiary/aromatic N) is 2. The number of methoxy groups -OCH3 is 1. The number of carbonyl (C=O) groups excluding carboxylic acids is 1. The molecule has 3 aromatic carbocycles. The van der Waals surface area contributed by atoms with Crippen LogP contribution in [0.4, 0.5) is 15.8 Å². The summed E-state index contributed by atoms with van der Waals surface area (Å²) in [7, 11) is 3.72. The first-order valence-corrected chi connectivity index (χ1v) is 13.1. The van der Waals surface area contributed by atoms with Crippen LogP contribution in [-0.4, -0.2) is 39.8 Å². The fourth-order valence-corrected chi connectivity index (χ4v) is 5.11. The zero-order valence-corrected chi connectivity index (χ0v) is 22.1. The third kappa shape index (κ3) is 6.62. The summed E-state index contributed by atoms with van der Waals surface area (Å²) in [5.41, 5.74) is 6.53. The Labute approximate surface area is 219 Å². The minimum Gasteiger partial charge on any atom is -0.496 e. The van der Waals surface area contributed by atoms with Gasteiger partial charge in [-0.25, -0.2) is 4.39 Å². The van der Waals surface area contributed by atoms with Crippen LogP contribution in [0.25, 0.3) is 0 Å². The molecule has 0 unspecified atom stereocenters. The molecule has 1 aliphatic heterocycles. The molecule has 4 rings (SSSR count). The maximum Gasteiger partial charge on any atom is 0.306 e. The van der Waals surface area contributed by atoms with Crippen LogP contribution in [-0.2, 0) is 35.3 Å². The van der Waals surface area contributed by atoms with Gasteiger partial charge in [0.25, 0.3) is 0 Å². The average molecular weight is 505 g/mol. The van der Waals surface area contributed by atoms with Gasteiger partial charge in [0.1, 0.15) is 11.6 Å². The highest BCUT2D eigenvalue weighted by Gasteiger charge is 2.20. The van der Waals surface area contributed by atoms with Gasteiger partial charge < -0.3 is 19.3 Å². The molecule has 0 bridgehead atoms. The molecular formula is C31H37FN2O3. The number of hydrogen-bond donors (Lipinski definition) is 0. The lowest BCUT2D eigenvalue weighted by atomic mass is 9.95. The first-order chi connectivity index (χ1) is 18.0. The number of ether oxygens (including phenoxy) is 2. The van der Waals surface area contributed by atoms with Gasteiger partial charge in [0.05, 0.1) is 13.7 Å². The van der Waals surface area contributed by atoms with Crippen LogP contribution in [0.3, 0.4) is 0 Å². The molecule has 0 aromatic heterocycles. The van der Waals surface area contributed by atoms with Gasteiger partial charge in [-0.3, -0.25) is 4.79 Å². The van der Waals surface area contributed by atoms with E-state index in [4.69, 9.17) is 9.47 Å². The summed E-state index contributed by atoms with van der Waals surface area (Å²) in [6, 6.07) is 20.0. The molecule has 0 radical (unpaired) electrons. The predicted molar refractivity (Wildman–Crippen MR) is 147 cm³/mol. The Hall–Kier alpha value is -3.54. The molecule has 5 nitrogen and oxygen atoms in total. The number of anilines is 2. The van der Waals surface area contributed by atoms with Crippen LogP contribution in [0, 0.1) is 5.82 Å². The molecule has 0 saturated heterocycles. The lowest BCUT2D eigenvalue weighted by Crippen LogP contribution is -2.32. The Morgan fingerprint density at radius 3 is 2.62 bits per heavy atom. The van der Waals surface area contributed by atoms with Crippen molar-refractivity contribution in [2.45, 2.75) is 45.6 Å². The molecule has 0 atom stereocenters. The van der Waals surface area contributed by atoms with Gasteiger partial charge in [-0.05, 0) is 79.1 Å². The third-order valence-electron chi connectivity index (χ3n) is 7.08. The van der Waals surface area contributed by atoms with E-state index < -0.39 is 0 Å². The topological polar surface area (TPSA) is 42.0 Å². The molecule has 1 heterocycles. The van der Waals surface area contributed by atoms with Crippen LogP contribution in [0.2, 0.25) is 0 Å². The second kappa shape index (κ2) is 12.6. The molecule has 0 spiro atoms. The molecule has 3 aromatic rings. The number of esters is 1. The summed E-state index contributed by atoms with van der Waals surface area (Å²) in [6.07, 6.45) is 3.61. The van der Waals surface area contributed by atoms with E-state index in [1.165, 1.54) is 22.4 Å². The number of halogens is 1. The molecule has 0 saturated carbocycles. The number of rotatable bonds is 11. The number of hydrogen-bond acceptors (Lipinski definition) is 5. The van der Waals surface area contributed by atoms with Crippen molar-refractivity contribution in [1.29, 1.82) is 0 Å². The highest BCUT2D eigenvalue weighted by molar-refractivity contribution is 5.69. The van der Waals surface area contributed by atoms with E-state index in [-0.39, 0.29) is 18.2 Å². The smallest absolute Gasteiger partial charge is 0.306 e. The van der Waals surface area contributed by atoms with Crippen molar-refractivity contribution in [1.82, 2.24) is 0 Å². The van der Waals surface area contributed by atoms with Crippen LogP contribution in [0.15, 0.2) is 60.7 Å². The van der Waals surface area contributed by atoms with E-state index in [0.29, 0.717) is 25.1 Å². The minimum atomic E-state index is -0.297. The number of carbonyl (C=O) groups is 1. The molecule has 0 aliphatic carbocycles. The quantitative estimate of drug-likeness (QED) is 0.301. The van der Waals surface area contributed by atoms with Crippen LogP contribution < -0.4 is 14.5 Å². The molecule has 196 valence electrons. The second-order valence-corrected chi connectivity index (χ2v) is 9.50. The lowest BCUT2D eigenvalue weighted by molar-refractivity contribution is -0.143. The van der Waals surface area contributed by atoms with Gasteiger partial charge in [0, 0.05) is 44.5 Å². The summed E-state index contributed by atoms with van der Waals surface area (Å²) in [4.78, 5) is 16.2. The fourth-order valence-electron chi connectivity index (χ4n) is 5.11. The van der Waals surface area contributed by atoms with Crippen molar-refractivity contribution in [2.75, 3.05) is 43.7 Å². The van der Waals surface area contributed by atoms with Gasteiger partial charge in [-0.15, -0.1) is 0 Å². The van der Waals surface area contributed by atoms with Crippen molar-refractivity contribution >= 4 is 17.3 Å². The monoisotopic (exact) mass is 504 g/mol. The number of para-hydroxylation sites is 1. The van der Waals surface area contributed by atoms with E-state index in [2.05, 4.69) is 40.1 Å². The highest BCUT2D eigenvalue weighted by Crippen LogP contribution is 2.32. The van der Waals surface area contributed by atoms with E-state index in [1.54, 1.807) is 26.2 Å². The predicted octanol–water partition coefficient (Wildman–Crippen LogP) is 5.96. The third-order valence-corrected chi connectivity index (χ3v) is 7.08. The van der Waals surface area contributed by atoms with E-state index >= 15 is 0 Å². The molecule has 1 aliphatic rings. The average Bonchev–Trinajstić information content (AvgIpc) is 2.91. The Morgan fingerprint density at radius 1 is 1.03 bits per heavy atom. The zero-order chi connectivity index (χ0) is 26.2. The molecule has 37 heavy (non-hydrogen) atoms. The summed E-state index contributed by atoms with van der Waals surface area (Å²) < 4.78 is 25.3. The van der Waals surface area contributed by atoms with Crippen molar-refractivity contribution in [3.63, 3.8) is 0 Å². The summed E-state index contributed by atoms with van der Waals surface area (Å²) in [6.45, 7) is 4.79. The van der Waals surface area contributed by atoms with Crippen molar-refractivity contribution in [2.24, 2.45) is 0 Å². The number of benzene rings is 3. The van der Waals surface area contributed by atoms with Gasteiger partial charge in [0.15, 0.2) is 0 Å². The molecule has 0 N–H and O–H groups in total. The van der Waals surface area contributed by atoms with E-state index in [9.17, 15) is 9.18 Å². The SMILES string of the molecule is CCOC(=O)CCc1ccc(N(C)Cc2cccc3c2CCCN3CCc2ccccc2OC)cc1F. The fraction of sp³-hybridized carbons (Fsp3) is 0.387. The van der Waals surface area contributed by atoms with E-state index in [1.807, 2.05) is 25.2 Å². The standard InChI is InChI=1S/C31H37FN2O3/c1-4-37-31(35)17-15-23-14-16-26(21-28(23)32)33(2)22-25-10-7-12-29-27(25)11-8-19-34(29)20-18-24-9-5-6-13-30(24)36-3/h5-7,9-10,12-14,16,21H,4,8,11,15,17-20,22H2,1-3H3. The Morgan fingerprint density at radius 2 is 1.84 bits per heavy atom. The second-order valence-electron chi connectivity index (χ2n) is 9.50. The summed E-state index contributed by atoms with van der Waals surface area (Å²) in [5, 5.41) is 0. The normalized spacial score (nSPS) is 12.7. The number of fused-ring (bicyclic) bond motifs is 1. The molecule has 6 heteroatoms. The zero-order valence-electron chi connectivity index (χ0n) is 22.1. The lowest BCUT2D eigenvalue weighted by Gasteiger charge is -2.33. The molecule has 0 fully saturated rings. The van der Waals surface area contributed by atoms with Gasteiger partial charge in [-0.1, -0.05) is 36.4 Å². The van der Waals surface area contributed by atoms with Gasteiger partial charge in [0.2, 0.25) is 0 Å². The molecular weight excluding hydrogens is 467 g/mol. The van der Waals surface area contributed by atoms with Crippen molar-refractivity contribution in [3.05, 3.63) is 88.7 Å². The minimum absolute atomic E-state index is 0.184. The largest absolute Gasteiger partial charge is 0.496 e. The van der Waals surface area contributed by atoms with Crippen molar-refractivity contribution < 1.29 is 18.7 Å². The maximum atomic E-state index is 14.8. The van der Waals surface area contributed by atoms with Crippen LogP contribution >= 0.6 is 0 Å². The van der Waals surface area contributed by atoms with Crippen molar-refractivity contribution in [3.8, 4) is 5.75 Å². The first kappa shape index (κ1) is 26.5. The van der Waals surface area contributed by atoms with Gasteiger partial charge >= 0.3 is 5.97 Å². The Bertz CT molecular complexity index is 1210. The summed E-state index contributed by atoms with van der Waals surface area (Å²) >= 11 is 0. The maximum absolute atomic E-state index is 14.8. The number of aryl methyl sites for hydroxylation is 1. The highest BCUT2D eigenvalue weighted by atomic mass is 19.1. The first-order valence-electron chi connectivity index (χ1n) is 13.1. The molecule has 0 amide bonds. The Balaban J connectivity index is 1.44. The van der Waals surface area contributed by atoms with Crippen LogP contribution in [0.5, 0.6) is 5.75 Å². The van der Waals surface area contributed by atoms with E-state index in [0.717, 1.165) is 43.8 Å². The summed E-state index contributed by atoms with van der Waals surface area (Å²) in [5.74, 6) is 0.356. The van der Waals surface area contributed by atoms with Crippen LogP contribution in [0.1, 0.15) is 42.0 Å². The Kier molecular flexibility index (Phi) is 9.04.